The van der Waals surface area contributed by atoms with E-state index < -0.39 is 10.8 Å². The highest BCUT2D eigenvalue weighted by molar-refractivity contribution is 8.01. The number of urea groups is 1. The van der Waals surface area contributed by atoms with Gasteiger partial charge in [-0.25, -0.2) is 4.79 Å². The first-order valence-electron chi connectivity index (χ1n) is 15.0. The molecule has 0 bridgehead atoms. The predicted molar refractivity (Wildman–Crippen MR) is 175 cm³/mol. The quantitative estimate of drug-likeness (QED) is 0.262. The normalized spacial score (nSPS) is 20.4. The number of H-pyrrole nitrogens is 1. The highest BCUT2D eigenvalue weighted by atomic mass is 35.5. The molecule has 8 nitrogen and oxygen atoms in total. The molecule has 2 saturated heterocycles. The first kappa shape index (κ1) is 30.1. The van der Waals surface area contributed by atoms with Gasteiger partial charge in [0.15, 0.2) is 0 Å². The number of thioether (sulfide) groups is 1. The number of hydrogen-bond acceptors (Lipinski definition) is 4. The lowest BCUT2D eigenvalue weighted by atomic mass is 9.90. The third-order valence-electron chi connectivity index (χ3n) is 8.52. The molecule has 10 heteroatoms. The molecular formula is C34H36ClN5O3S. The van der Waals surface area contributed by atoms with Gasteiger partial charge in [0.25, 0.3) is 0 Å². The van der Waals surface area contributed by atoms with Gasteiger partial charge in [0, 0.05) is 71.8 Å². The summed E-state index contributed by atoms with van der Waals surface area (Å²) < 4.78 is -1.15. The average molecular weight is 630 g/mol. The first-order chi connectivity index (χ1) is 21.3. The molecule has 3 heterocycles. The number of rotatable bonds is 7. The van der Waals surface area contributed by atoms with Gasteiger partial charge in [0.2, 0.25) is 11.8 Å². The smallest absolute Gasteiger partial charge is 0.317 e. The van der Waals surface area contributed by atoms with E-state index in [2.05, 4.69) is 10.3 Å². The van der Waals surface area contributed by atoms with Gasteiger partial charge in [0.05, 0.1) is 12.5 Å². The highest BCUT2D eigenvalue weighted by Crippen LogP contribution is 2.55. The standard InChI is InChI=1S/C34H36ClN5O3S/c1-3-36-33(43)39-17-15-38(16-18-39)32(42)34(44-26-12-9-23(2)10-13-26)20-30(41)40(22-24-7-5-4-6-8-24)31(34)28-21-37-29-19-25(35)11-14-27(28)29/h4-14,19,21,31,37H,3,15-18,20,22H2,1-2H3,(H,36,43). The minimum Gasteiger partial charge on any atom is -0.361 e. The molecule has 2 aliphatic heterocycles. The molecule has 0 aliphatic carbocycles. The molecule has 0 spiro atoms. The number of benzene rings is 3. The topological polar surface area (TPSA) is 88.8 Å². The van der Waals surface area contributed by atoms with Crippen LogP contribution in [0.25, 0.3) is 10.9 Å². The molecule has 44 heavy (non-hydrogen) atoms. The molecule has 0 saturated carbocycles. The monoisotopic (exact) mass is 629 g/mol. The van der Waals surface area contributed by atoms with Gasteiger partial charge in [-0.05, 0) is 43.7 Å². The number of carbonyl (C=O) groups excluding carboxylic acids is 3. The van der Waals surface area contributed by atoms with Gasteiger partial charge < -0.3 is 25.0 Å². The van der Waals surface area contributed by atoms with Crippen molar-refractivity contribution < 1.29 is 14.4 Å². The fraction of sp³-hybridized carbons (Fsp3) is 0.324. The van der Waals surface area contributed by atoms with Gasteiger partial charge in [-0.1, -0.05) is 65.7 Å². The average Bonchev–Trinajstić information content (AvgIpc) is 3.56. The van der Waals surface area contributed by atoms with Crippen molar-refractivity contribution in [3.05, 3.63) is 101 Å². The van der Waals surface area contributed by atoms with Crippen LogP contribution >= 0.6 is 23.4 Å². The lowest BCUT2D eigenvalue weighted by Crippen LogP contribution is -2.58. The summed E-state index contributed by atoms with van der Waals surface area (Å²) in [6, 6.07) is 23.0. The zero-order valence-corrected chi connectivity index (χ0v) is 26.5. The van der Waals surface area contributed by atoms with Crippen molar-refractivity contribution in [1.29, 1.82) is 0 Å². The summed E-state index contributed by atoms with van der Waals surface area (Å²) in [4.78, 5) is 51.5. The SMILES string of the molecule is CCNC(=O)N1CCN(C(=O)C2(Sc3ccc(C)cc3)CC(=O)N(Cc3ccccc3)C2c2c[nH]c3cc(Cl)ccc23)CC1. The Hall–Kier alpha value is -3.95. The number of aryl methyl sites for hydroxylation is 1. The molecule has 2 aliphatic rings. The van der Waals surface area contributed by atoms with Gasteiger partial charge in [-0.2, -0.15) is 0 Å². The van der Waals surface area contributed by atoms with E-state index in [0.717, 1.165) is 32.5 Å². The Balaban J connectivity index is 1.46. The van der Waals surface area contributed by atoms with Crippen molar-refractivity contribution in [2.45, 2.75) is 42.5 Å². The van der Waals surface area contributed by atoms with Crippen LogP contribution < -0.4 is 5.32 Å². The number of carbonyl (C=O) groups is 3. The summed E-state index contributed by atoms with van der Waals surface area (Å²) in [5.74, 6) is -0.160. The van der Waals surface area contributed by atoms with E-state index in [0.29, 0.717) is 44.3 Å². The van der Waals surface area contributed by atoms with Crippen LogP contribution in [-0.4, -0.2) is 75.0 Å². The van der Waals surface area contributed by atoms with E-state index in [4.69, 9.17) is 11.6 Å². The van der Waals surface area contributed by atoms with Crippen molar-refractivity contribution in [1.82, 2.24) is 25.0 Å². The lowest BCUT2D eigenvalue weighted by Gasteiger charge is -2.42. The highest BCUT2D eigenvalue weighted by Gasteiger charge is 2.59. The van der Waals surface area contributed by atoms with Crippen LogP contribution in [0.2, 0.25) is 5.02 Å². The third kappa shape index (κ3) is 5.78. The van der Waals surface area contributed by atoms with Gasteiger partial charge >= 0.3 is 6.03 Å². The van der Waals surface area contributed by atoms with Crippen LogP contribution in [-0.2, 0) is 16.1 Å². The van der Waals surface area contributed by atoms with E-state index in [1.807, 2.05) is 103 Å². The van der Waals surface area contributed by atoms with Crippen LogP contribution in [0.1, 0.15) is 36.1 Å². The number of aromatic nitrogens is 1. The van der Waals surface area contributed by atoms with Crippen molar-refractivity contribution in [3.63, 3.8) is 0 Å². The first-order valence-corrected chi connectivity index (χ1v) is 16.2. The Morgan fingerprint density at radius 2 is 1.70 bits per heavy atom. The number of fused-ring (bicyclic) bond motifs is 1. The molecular weight excluding hydrogens is 594 g/mol. The number of halogens is 1. The lowest BCUT2D eigenvalue weighted by molar-refractivity contribution is -0.136. The van der Waals surface area contributed by atoms with E-state index >= 15 is 4.79 Å². The van der Waals surface area contributed by atoms with Crippen LogP contribution in [0.5, 0.6) is 0 Å². The van der Waals surface area contributed by atoms with Crippen molar-refractivity contribution in [2.75, 3.05) is 32.7 Å². The Morgan fingerprint density at radius 1 is 1.00 bits per heavy atom. The van der Waals surface area contributed by atoms with Gasteiger partial charge in [-0.3, -0.25) is 9.59 Å². The second-order valence-corrected chi connectivity index (χ2v) is 13.3. The van der Waals surface area contributed by atoms with Crippen molar-refractivity contribution in [2.24, 2.45) is 0 Å². The number of aromatic amines is 1. The van der Waals surface area contributed by atoms with Crippen LogP contribution in [0.4, 0.5) is 4.79 Å². The van der Waals surface area contributed by atoms with Crippen molar-refractivity contribution >= 4 is 52.1 Å². The van der Waals surface area contributed by atoms with Gasteiger partial charge in [-0.15, -0.1) is 11.8 Å². The molecule has 3 aromatic carbocycles. The number of nitrogens with zero attached hydrogens (tertiary/aromatic N) is 3. The second-order valence-electron chi connectivity index (χ2n) is 11.4. The Morgan fingerprint density at radius 3 is 2.41 bits per heavy atom. The molecule has 6 rings (SSSR count). The molecule has 0 radical (unpaired) electrons. The summed E-state index contributed by atoms with van der Waals surface area (Å²) >= 11 is 7.82. The maximum Gasteiger partial charge on any atom is 0.317 e. The number of amides is 4. The maximum atomic E-state index is 15.0. The van der Waals surface area contributed by atoms with Crippen molar-refractivity contribution in [3.8, 4) is 0 Å². The molecule has 4 aromatic rings. The van der Waals surface area contributed by atoms with E-state index in [-0.39, 0.29) is 24.3 Å². The summed E-state index contributed by atoms with van der Waals surface area (Å²) in [6.45, 7) is 6.50. The molecule has 2 unspecified atom stereocenters. The summed E-state index contributed by atoms with van der Waals surface area (Å²) in [6.07, 6.45) is 1.98. The predicted octanol–water partition coefficient (Wildman–Crippen LogP) is 6.01. The third-order valence-corrected chi connectivity index (χ3v) is 10.2. The second kappa shape index (κ2) is 12.6. The largest absolute Gasteiger partial charge is 0.361 e. The molecule has 2 atom stereocenters. The fourth-order valence-corrected chi connectivity index (χ4v) is 7.98. The van der Waals surface area contributed by atoms with Crippen LogP contribution in [0.15, 0.2) is 83.9 Å². The Kier molecular flexibility index (Phi) is 8.60. The fourth-order valence-electron chi connectivity index (χ4n) is 6.33. The van der Waals surface area contributed by atoms with E-state index in [9.17, 15) is 9.59 Å². The van der Waals surface area contributed by atoms with Gasteiger partial charge in [0.1, 0.15) is 4.75 Å². The number of nitrogens with one attached hydrogen (secondary N) is 2. The number of piperazine rings is 1. The Labute approximate surface area is 266 Å². The molecule has 228 valence electrons. The maximum absolute atomic E-state index is 15.0. The number of hydrogen-bond donors (Lipinski definition) is 2. The van der Waals surface area contributed by atoms with E-state index in [1.165, 1.54) is 11.8 Å². The zero-order chi connectivity index (χ0) is 30.8. The molecule has 2 N–H and O–H groups in total. The minimum absolute atomic E-state index is 0.0542. The Bertz CT molecular complexity index is 1670. The zero-order valence-electron chi connectivity index (χ0n) is 24.9. The summed E-state index contributed by atoms with van der Waals surface area (Å²) in [5.41, 5.74) is 3.85. The molecule has 1 aromatic heterocycles. The minimum atomic E-state index is -1.15. The van der Waals surface area contributed by atoms with E-state index in [1.54, 1.807) is 4.90 Å². The summed E-state index contributed by atoms with van der Waals surface area (Å²) in [5, 5.41) is 4.39. The number of likely N-dealkylation sites (tertiary alicyclic amines) is 1. The molecule has 2 fully saturated rings. The summed E-state index contributed by atoms with van der Waals surface area (Å²) in [7, 11) is 0. The molecule has 4 amide bonds. The van der Waals surface area contributed by atoms with Crippen LogP contribution in [0, 0.1) is 6.92 Å². The van der Waals surface area contributed by atoms with Crippen LogP contribution in [0.3, 0.4) is 0 Å².